The minimum Gasteiger partial charge on any atom is -0.373 e. The molecule has 1 unspecified atom stereocenters. The molecule has 0 fully saturated rings. The van der Waals surface area contributed by atoms with Crippen LogP contribution in [0.4, 0.5) is 11.4 Å². The van der Waals surface area contributed by atoms with Crippen LogP contribution < -0.4 is 9.21 Å². The summed E-state index contributed by atoms with van der Waals surface area (Å²) in [7, 11) is -4.85. The van der Waals surface area contributed by atoms with Gasteiger partial charge in [-0.1, -0.05) is 36.4 Å². The van der Waals surface area contributed by atoms with Gasteiger partial charge in [-0.15, -0.1) is 0 Å². The summed E-state index contributed by atoms with van der Waals surface area (Å²) in [6.45, 7) is 3.43. The maximum Gasteiger partial charge on any atom is 0.352 e. The van der Waals surface area contributed by atoms with Gasteiger partial charge in [0.05, 0.1) is 18.9 Å². The van der Waals surface area contributed by atoms with Gasteiger partial charge in [0.2, 0.25) is 0 Å². The first-order valence-corrected chi connectivity index (χ1v) is 12.6. The Morgan fingerprint density at radius 3 is 1.76 bits per heavy atom. The second-order valence-electron chi connectivity index (χ2n) is 6.39. The summed E-state index contributed by atoms with van der Waals surface area (Å²) in [6.07, 6.45) is 0. The summed E-state index contributed by atoms with van der Waals surface area (Å²) in [5.74, 6) is 0. The molecule has 160 valence electrons. The van der Waals surface area contributed by atoms with Gasteiger partial charge in [0.25, 0.3) is 10.0 Å². The predicted molar refractivity (Wildman–Crippen MR) is 118 cm³/mol. The van der Waals surface area contributed by atoms with E-state index in [4.69, 9.17) is 9.05 Å². The zero-order chi connectivity index (χ0) is 21.5. The lowest BCUT2D eigenvalue weighted by Crippen LogP contribution is -2.43. The molecular formula is C20H29N2O5PS. The van der Waals surface area contributed by atoms with E-state index in [1.807, 2.05) is 30.3 Å². The molecule has 1 atom stereocenters. The molecule has 0 aliphatic heterocycles. The molecule has 0 aliphatic rings. The number of benzene rings is 2. The first-order chi connectivity index (χ1) is 13.8. The summed E-state index contributed by atoms with van der Waals surface area (Å²) >= 11 is 0. The summed E-state index contributed by atoms with van der Waals surface area (Å²) in [4.78, 5) is 0.344. The van der Waals surface area contributed by atoms with Crippen molar-refractivity contribution < 1.29 is 22.0 Å². The van der Waals surface area contributed by atoms with E-state index in [0.717, 1.165) is 9.99 Å². The Labute approximate surface area is 173 Å². The van der Waals surface area contributed by atoms with Crippen molar-refractivity contribution in [3.63, 3.8) is 0 Å². The maximum atomic E-state index is 13.6. The highest BCUT2D eigenvalue weighted by molar-refractivity contribution is 7.99. The lowest BCUT2D eigenvalue weighted by atomic mass is 10.3. The summed E-state index contributed by atoms with van der Waals surface area (Å²) in [6, 6.07) is 18.0. The van der Waals surface area contributed by atoms with Gasteiger partial charge < -0.3 is 13.9 Å². The summed E-state index contributed by atoms with van der Waals surface area (Å²) in [5, 5.41) is 0. The third-order valence-electron chi connectivity index (χ3n) is 4.44. The molecule has 0 heterocycles. The Bertz CT molecular complexity index is 899. The highest BCUT2D eigenvalue weighted by Gasteiger charge is 2.48. The molecular weight excluding hydrogens is 411 g/mol. The van der Waals surface area contributed by atoms with Crippen LogP contribution in [0.25, 0.3) is 0 Å². The quantitative estimate of drug-likeness (QED) is 0.488. The molecule has 0 saturated heterocycles. The number of rotatable bonds is 11. The molecule has 29 heavy (non-hydrogen) atoms. The van der Waals surface area contributed by atoms with Crippen molar-refractivity contribution in [3.05, 3.63) is 60.7 Å². The molecule has 2 aromatic carbocycles. The van der Waals surface area contributed by atoms with Crippen molar-refractivity contribution in [2.75, 3.05) is 43.1 Å². The van der Waals surface area contributed by atoms with Crippen molar-refractivity contribution in [2.24, 2.45) is 0 Å². The molecule has 0 spiro atoms. The highest BCUT2D eigenvalue weighted by atomic mass is 32.2. The van der Waals surface area contributed by atoms with Crippen LogP contribution >= 0.6 is 7.60 Å². The third kappa shape index (κ3) is 5.60. The van der Waals surface area contributed by atoms with Gasteiger partial charge in [-0.3, -0.25) is 8.87 Å². The molecule has 2 rings (SSSR count). The predicted octanol–water partition coefficient (Wildman–Crippen LogP) is 4.18. The van der Waals surface area contributed by atoms with E-state index in [0.29, 0.717) is 5.69 Å². The number of hydrogen-bond acceptors (Lipinski definition) is 6. The molecule has 0 aliphatic carbocycles. The first-order valence-electron chi connectivity index (χ1n) is 9.44. The van der Waals surface area contributed by atoms with Crippen LogP contribution in [0.2, 0.25) is 0 Å². The number of hydrogen-bond donors (Lipinski definition) is 0. The zero-order valence-electron chi connectivity index (χ0n) is 17.3. The molecule has 0 aromatic heterocycles. The average molecular weight is 441 g/mol. The zero-order valence-corrected chi connectivity index (χ0v) is 19.0. The normalized spacial score (nSPS) is 13.1. The van der Waals surface area contributed by atoms with E-state index in [-0.39, 0.29) is 19.8 Å². The maximum absolute atomic E-state index is 13.6. The standard InChI is InChI=1S/C20H29N2O5PS/c1-5-26-28(23,27-6-2)20(17-21(3)18-13-9-7-10-14-18)29(24,25)22(4)19-15-11-8-12-16-19/h7-16,20H,5-6,17H2,1-4H3. The van der Waals surface area contributed by atoms with Crippen molar-refractivity contribution in [1.82, 2.24) is 0 Å². The molecule has 2 aromatic rings. The molecule has 0 radical (unpaired) electrons. The molecule has 9 heteroatoms. The van der Waals surface area contributed by atoms with Crippen LogP contribution in [0, 0.1) is 0 Å². The lowest BCUT2D eigenvalue weighted by Gasteiger charge is -2.33. The fraction of sp³-hybridized carbons (Fsp3) is 0.400. The van der Waals surface area contributed by atoms with E-state index in [9.17, 15) is 13.0 Å². The van der Waals surface area contributed by atoms with E-state index < -0.39 is 22.6 Å². The molecule has 0 N–H and O–H groups in total. The van der Waals surface area contributed by atoms with Crippen LogP contribution in [0.3, 0.4) is 0 Å². The van der Waals surface area contributed by atoms with Gasteiger partial charge in [0.15, 0.2) is 4.99 Å². The van der Waals surface area contributed by atoms with Gasteiger partial charge in [-0.2, -0.15) is 0 Å². The van der Waals surface area contributed by atoms with E-state index in [2.05, 4.69) is 0 Å². The second-order valence-corrected chi connectivity index (χ2v) is 11.1. The number of sulfonamides is 1. The summed E-state index contributed by atoms with van der Waals surface area (Å²) < 4.78 is 52.7. The van der Waals surface area contributed by atoms with E-state index in [1.54, 1.807) is 56.1 Å². The lowest BCUT2D eigenvalue weighted by molar-refractivity contribution is 0.217. The van der Waals surface area contributed by atoms with Crippen molar-refractivity contribution >= 4 is 29.0 Å². The SMILES string of the molecule is CCOP(=O)(OCC)C(CN(C)c1ccccc1)S(=O)(=O)N(C)c1ccccc1. The van der Waals surface area contributed by atoms with Crippen LogP contribution in [-0.2, 0) is 23.6 Å². The average Bonchev–Trinajstić information content (AvgIpc) is 2.72. The fourth-order valence-electron chi connectivity index (χ4n) is 2.91. The van der Waals surface area contributed by atoms with Crippen molar-refractivity contribution in [1.29, 1.82) is 0 Å². The van der Waals surface area contributed by atoms with Crippen molar-refractivity contribution in [2.45, 2.75) is 18.8 Å². The van der Waals surface area contributed by atoms with Crippen LogP contribution in [0.5, 0.6) is 0 Å². The second kappa shape index (κ2) is 10.3. The smallest absolute Gasteiger partial charge is 0.352 e. The minimum absolute atomic E-state index is 0.0548. The van der Waals surface area contributed by atoms with Crippen molar-refractivity contribution in [3.8, 4) is 0 Å². The fourth-order valence-corrected chi connectivity index (χ4v) is 7.77. The molecule has 0 bridgehead atoms. The monoisotopic (exact) mass is 440 g/mol. The van der Waals surface area contributed by atoms with Crippen LogP contribution in [0.15, 0.2) is 60.7 Å². The third-order valence-corrected chi connectivity index (χ3v) is 9.93. The Morgan fingerprint density at radius 1 is 0.862 bits per heavy atom. The van der Waals surface area contributed by atoms with Gasteiger partial charge >= 0.3 is 7.60 Å². The highest BCUT2D eigenvalue weighted by Crippen LogP contribution is 2.56. The topological polar surface area (TPSA) is 76.1 Å². The molecule has 0 amide bonds. The summed E-state index contributed by atoms with van der Waals surface area (Å²) in [5.41, 5.74) is 1.27. The number of para-hydroxylation sites is 2. The number of nitrogens with zero attached hydrogens (tertiary/aromatic N) is 2. The van der Waals surface area contributed by atoms with Gasteiger partial charge in [0.1, 0.15) is 0 Å². The van der Waals surface area contributed by atoms with Crippen LogP contribution in [-0.4, -0.2) is 47.3 Å². The van der Waals surface area contributed by atoms with Gasteiger partial charge in [-0.25, -0.2) is 8.42 Å². The van der Waals surface area contributed by atoms with Gasteiger partial charge in [-0.05, 0) is 38.1 Å². The van der Waals surface area contributed by atoms with E-state index >= 15 is 0 Å². The van der Waals surface area contributed by atoms with Gasteiger partial charge in [0, 0.05) is 26.3 Å². The minimum atomic E-state index is -4.08. The Kier molecular flexibility index (Phi) is 8.28. The molecule has 0 saturated carbocycles. The van der Waals surface area contributed by atoms with Crippen LogP contribution in [0.1, 0.15) is 13.8 Å². The Hall–Kier alpha value is -1.86. The first kappa shape index (κ1) is 23.4. The van der Waals surface area contributed by atoms with E-state index in [1.165, 1.54) is 7.05 Å². The number of anilines is 2. The Morgan fingerprint density at radius 2 is 1.31 bits per heavy atom. The largest absolute Gasteiger partial charge is 0.373 e. The Balaban J connectivity index is 2.49. The molecule has 7 nitrogen and oxygen atoms in total.